The average molecular weight is 392 g/mol. The second-order valence-electron chi connectivity index (χ2n) is 4.25. The van der Waals surface area contributed by atoms with E-state index >= 15 is 0 Å². The Labute approximate surface area is 128 Å². The first-order chi connectivity index (χ1) is 9.45. The summed E-state index contributed by atoms with van der Waals surface area (Å²) in [5, 5.41) is 0. The van der Waals surface area contributed by atoms with E-state index in [4.69, 9.17) is 4.74 Å². The summed E-state index contributed by atoms with van der Waals surface area (Å²) in [5.74, 6) is 0.720. The minimum Gasteiger partial charge on any atom is -0.493 e. The molecule has 0 bridgehead atoms. The van der Waals surface area contributed by atoms with Crippen LogP contribution in [0.5, 0.6) is 5.75 Å². The van der Waals surface area contributed by atoms with Crippen molar-refractivity contribution in [2.45, 2.75) is 12.6 Å². The SMILES string of the molecule is FC(F)(F)c1cccc(CCOc2ccc(I)cc2)c1. The lowest BCUT2D eigenvalue weighted by atomic mass is 10.1. The third-order valence-electron chi connectivity index (χ3n) is 2.73. The predicted molar refractivity (Wildman–Crippen MR) is 79.8 cm³/mol. The fraction of sp³-hybridized carbons (Fsp3) is 0.200. The molecule has 0 heterocycles. The maximum Gasteiger partial charge on any atom is 0.416 e. The van der Waals surface area contributed by atoms with E-state index in [2.05, 4.69) is 22.6 Å². The van der Waals surface area contributed by atoms with Gasteiger partial charge in [0, 0.05) is 9.99 Å². The number of hydrogen-bond donors (Lipinski definition) is 0. The van der Waals surface area contributed by atoms with Gasteiger partial charge in [0.25, 0.3) is 0 Å². The summed E-state index contributed by atoms with van der Waals surface area (Å²) in [6.07, 6.45) is -3.86. The summed E-state index contributed by atoms with van der Waals surface area (Å²) in [6, 6.07) is 12.8. The minimum absolute atomic E-state index is 0.349. The van der Waals surface area contributed by atoms with Gasteiger partial charge in [-0.15, -0.1) is 0 Å². The fourth-order valence-corrected chi connectivity index (χ4v) is 2.08. The van der Waals surface area contributed by atoms with Crippen molar-refractivity contribution in [3.8, 4) is 5.75 Å². The molecule has 0 saturated heterocycles. The molecule has 0 spiro atoms. The topological polar surface area (TPSA) is 9.23 Å². The maximum absolute atomic E-state index is 12.6. The Morgan fingerprint density at radius 2 is 1.70 bits per heavy atom. The number of benzene rings is 2. The van der Waals surface area contributed by atoms with Gasteiger partial charge in [-0.25, -0.2) is 0 Å². The molecule has 0 fully saturated rings. The van der Waals surface area contributed by atoms with Gasteiger partial charge in [0.15, 0.2) is 0 Å². The van der Waals surface area contributed by atoms with Gasteiger partial charge in [-0.2, -0.15) is 13.2 Å². The van der Waals surface area contributed by atoms with Crippen LogP contribution in [0, 0.1) is 3.57 Å². The van der Waals surface area contributed by atoms with Gasteiger partial charge in [-0.3, -0.25) is 0 Å². The lowest BCUT2D eigenvalue weighted by Crippen LogP contribution is -2.07. The van der Waals surface area contributed by atoms with E-state index in [0.717, 1.165) is 21.5 Å². The highest BCUT2D eigenvalue weighted by Gasteiger charge is 2.30. The molecular weight excluding hydrogens is 380 g/mol. The molecular formula is C15H12F3IO. The number of rotatable bonds is 4. The molecule has 0 saturated carbocycles. The van der Waals surface area contributed by atoms with Crippen molar-refractivity contribution in [2.24, 2.45) is 0 Å². The first-order valence-electron chi connectivity index (χ1n) is 6.00. The Hall–Kier alpha value is -1.24. The van der Waals surface area contributed by atoms with Gasteiger partial charge < -0.3 is 4.74 Å². The van der Waals surface area contributed by atoms with Crippen LogP contribution in [0.3, 0.4) is 0 Å². The third-order valence-corrected chi connectivity index (χ3v) is 3.45. The van der Waals surface area contributed by atoms with Crippen molar-refractivity contribution in [3.63, 3.8) is 0 Å². The highest BCUT2D eigenvalue weighted by atomic mass is 127. The summed E-state index contributed by atoms with van der Waals surface area (Å²) < 4.78 is 44.3. The molecule has 0 unspecified atom stereocenters. The molecule has 106 valence electrons. The van der Waals surface area contributed by atoms with Crippen molar-refractivity contribution >= 4 is 22.6 Å². The van der Waals surface area contributed by atoms with Crippen LogP contribution in [0.15, 0.2) is 48.5 Å². The van der Waals surface area contributed by atoms with Crippen molar-refractivity contribution in [1.82, 2.24) is 0 Å². The molecule has 0 aliphatic carbocycles. The van der Waals surface area contributed by atoms with Crippen LogP contribution >= 0.6 is 22.6 Å². The van der Waals surface area contributed by atoms with E-state index in [1.807, 2.05) is 24.3 Å². The van der Waals surface area contributed by atoms with E-state index in [1.54, 1.807) is 6.07 Å². The average Bonchev–Trinajstić information content (AvgIpc) is 2.40. The third kappa shape index (κ3) is 4.40. The molecule has 0 atom stereocenters. The molecule has 20 heavy (non-hydrogen) atoms. The Kier molecular flexibility index (Phi) is 4.91. The van der Waals surface area contributed by atoms with Crippen molar-refractivity contribution < 1.29 is 17.9 Å². The second-order valence-corrected chi connectivity index (χ2v) is 5.50. The van der Waals surface area contributed by atoms with E-state index < -0.39 is 11.7 Å². The van der Waals surface area contributed by atoms with Crippen LogP contribution in [0.4, 0.5) is 13.2 Å². The van der Waals surface area contributed by atoms with Gasteiger partial charge in [-0.05, 0) is 58.5 Å². The Balaban J connectivity index is 1.93. The summed E-state index contributed by atoms with van der Waals surface area (Å²) >= 11 is 2.19. The zero-order chi connectivity index (χ0) is 14.6. The highest BCUT2D eigenvalue weighted by molar-refractivity contribution is 14.1. The molecule has 1 nitrogen and oxygen atoms in total. The molecule has 0 aliphatic heterocycles. The first kappa shape index (κ1) is 15.2. The molecule has 0 radical (unpaired) electrons. The fourth-order valence-electron chi connectivity index (χ4n) is 1.72. The lowest BCUT2D eigenvalue weighted by Gasteiger charge is -2.09. The first-order valence-corrected chi connectivity index (χ1v) is 7.07. The normalized spacial score (nSPS) is 11.4. The van der Waals surface area contributed by atoms with Crippen LogP contribution in [0.1, 0.15) is 11.1 Å². The number of hydrogen-bond acceptors (Lipinski definition) is 1. The molecule has 0 aromatic heterocycles. The number of ether oxygens (including phenoxy) is 1. The van der Waals surface area contributed by atoms with Crippen LogP contribution < -0.4 is 4.74 Å². The largest absolute Gasteiger partial charge is 0.493 e. The highest BCUT2D eigenvalue weighted by Crippen LogP contribution is 2.29. The molecule has 2 aromatic rings. The lowest BCUT2D eigenvalue weighted by molar-refractivity contribution is -0.137. The second kappa shape index (κ2) is 6.47. The summed E-state index contributed by atoms with van der Waals surface area (Å²) in [7, 11) is 0. The molecule has 5 heteroatoms. The summed E-state index contributed by atoms with van der Waals surface area (Å²) in [5.41, 5.74) is -0.00500. The van der Waals surface area contributed by atoms with E-state index in [-0.39, 0.29) is 0 Å². The number of alkyl halides is 3. The van der Waals surface area contributed by atoms with Crippen LogP contribution in [-0.2, 0) is 12.6 Å². The van der Waals surface area contributed by atoms with Crippen molar-refractivity contribution in [3.05, 3.63) is 63.2 Å². The van der Waals surface area contributed by atoms with Crippen molar-refractivity contribution in [1.29, 1.82) is 0 Å². The molecule has 0 amide bonds. The van der Waals surface area contributed by atoms with Gasteiger partial charge in [0.1, 0.15) is 5.75 Å². The van der Waals surface area contributed by atoms with Gasteiger partial charge in [0.05, 0.1) is 12.2 Å². The van der Waals surface area contributed by atoms with E-state index in [0.29, 0.717) is 18.6 Å². The van der Waals surface area contributed by atoms with Gasteiger partial charge >= 0.3 is 6.18 Å². The minimum atomic E-state index is -4.30. The maximum atomic E-state index is 12.6. The quantitative estimate of drug-likeness (QED) is 0.671. The molecule has 0 aliphatic rings. The molecule has 0 N–H and O–H groups in total. The summed E-state index contributed by atoms with van der Waals surface area (Å²) in [4.78, 5) is 0. The number of halogens is 4. The smallest absolute Gasteiger partial charge is 0.416 e. The standard InChI is InChI=1S/C15H12F3IO/c16-15(17,18)12-3-1-2-11(10-12)8-9-20-14-6-4-13(19)5-7-14/h1-7,10H,8-9H2. The van der Waals surface area contributed by atoms with Crippen molar-refractivity contribution in [2.75, 3.05) is 6.61 Å². The Morgan fingerprint density at radius 1 is 1.00 bits per heavy atom. The van der Waals surface area contributed by atoms with Crippen LogP contribution in [-0.4, -0.2) is 6.61 Å². The Bertz CT molecular complexity index is 564. The van der Waals surface area contributed by atoms with Crippen LogP contribution in [0.2, 0.25) is 0 Å². The summed E-state index contributed by atoms with van der Waals surface area (Å²) in [6.45, 7) is 0.349. The Morgan fingerprint density at radius 3 is 2.35 bits per heavy atom. The molecule has 2 aromatic carbocycles. The zero-order valence-electron chi connectivity index (χ0n) is 10.5. The zero-order valence-corrected chi connectivity index (χ0v) is 12.6. The molecule has 2 rings (SSSR count). The van der Waals surface area contributed by atoms with E-state index in [1.165, 1.54) is 6.07 Å². The predicted octanol–water partition coefficient (Wildman–Crippen LogP) is 4.93. The van der Waals surface area contributed by atoms with E-state index in [9.17, 15) is 13.2 Å². The van der Waals surface area contributed by atoms with Gasteiger partial charge in [-0.1, -0.05) is 18.2 Å². The monoisotopic (exact) mass is 392 g/mol. The van der Waals surface area contributed by atoms with Gasteiger partial charge in [0.2, 0.25) is 0 Å². The van der Waals surface area contributed by atoms with Crippen LogP contribution in [0.25, 0.3) is 0 Å².